The number of carbonyl (C=O) groups excluding carboxylic acids is 1. The van der Waals surface area contributed by atoms with E-state index in [0.29, 0.717) is 19.4 Å². The lowest BCUT2D eigenvalue weighted by atomic mass is 10.1. The normalized spacial score (nSPS) is 10.9. The Bertz CT molecular complexity index is 1140. The molecule has 0 spiro atoms. The molecule has 6 nitrogen and oxygen atoms in total. The van der Waals surface area contributed by atoms with Crippen molar-refractivity contribution in [1.29, 1.82) is 0 Å². The highest BCUT2D eigenvalue weighted by Crippen LogP contribution is 2.26. The summed E-state index contributed by atoms with van der Waals surface area (Å²) in [5.74, 6) is 2.46. The van der Waals surface area contributed by atoms with E-state index in [1.54, 1.807) is 18.0 Å². The Balaban J connectivity index is 1.40. The number of furan rings is 1. The van der Waals surface area contributed by atoms with E-state index >= 15 is 0 Å². The second kappa shape index (κ2) is 10.8. The topological polar surface area (TPSA) is 73.0 Å². The average molecular weight is 447 g/mol. The first kappa shape index (κ1) is 21.9. The number of aromatic nitrogens is 3. The number of aryl methyl sites for hydroxylation is 1. The van der Waals surface area contributed by atoms with Crippen molar-refractivity contribution in [3.63, 3.8) is 0 Å². The van der Waals surface area contributed by atoms with Crippen LogP contribution in [0.3, 0.4) is 0 Å². The first-order valence-corrected chi connectivity index (χ1v) is 11.7. The van der Waals surface area contributed by atoms with E-state index in [1.807, 2.05) is 42.5 Å². The van der Waals surface area contributed by atoms with Gasteiger partial charge in [-0.15, -0.1) is 10.2 Å². The number of nitrogens with zero attached hydrogens (tertiary/aromatic N) is 3. The molecule has 164 valence electrons. The van der Waals surface area contributed by atoms with Crippen LogP contribution in [-0.4, -0.2) is 26.4 Å². The minimum absolute atomic E-state index is 0.0205. The highest BCUT2D eigenvalue weighted by atomic mass is 32.2. The lowest BCUT2D eigenvalue weighted by molar-refractivity contribution is -0.121. The minimum Gasteiger partial charge on any atom is -0.467 e. The molecule has 32 heavy (non-hydrogen) atoms. The number of rotatable bonds is 10. The van der Waals surface area contributed by atoms with Crippen LogP contribution < -0.4 is 5.32 Å². The number of benzene rings is 2. The first-order chi connectivity index (χ1) is 15.7. The van der Waals surface area contributed by atoms with Gasteiger partial charge in [-0.25, -0.2) is 0 Å². The van der Waals surface area contributed by atoms with Gasteiger partial charge in [-0.1, -0.05) is 60.3 Å². The Morgan fingerprint density at radius 1 is 1.03 bits per heavy atom. The van der Waals surface area contributed by atoms with Crippen LogP contribution in [-0.2, 0) is 17.8 Å². The number of para-hydroxylation sites is 1. The summed E-state index contributed by atoms with van der Waals surface area (Å²) in [6.45, 7) is 2.52. The fourth-order valence-electron chi connectivity index (χ4n) is 3.43. The second-order valence-electron chi connectivity index (χ2n) is 7.49. The molecule has 0 atom stereocenters. The van der Waals surface area contributed by atoms with Gasteiger partial charge in [-0.2, -0.15) is 0 Å². The Hall–Kier alpha value is -3.32. The zero-order valence-electron chi connectivity index (χ0n) is 18.0. The van der Waals surface area contributed by atoms with Gasteiger partial charge in [0.1, 0.15) is 11.6 Å². The van der Waals surface area contributed by atoms with Crippen molar-refractivity contribution in [1.82, 2.24) is 20.1 Å². The van der Waals surface area contributed by atoms with Crippen LogP contribution in [0, 0.1) is 6.92 Å². The average Bonchev–Trinajstić information content (AvgIpc) is 3.47. The van der Waals surface area contributed by atoms with Crippen molar-refractivity contribution in [3.8, 4) is 5.69 Å². The third kappa shape index (κ3) is 5.68. The van der Waals surface area contributed by atoms with Crippen LogP contribution in [0.2, 0.25) is 0 Å². The number of amides is 1. The maximum atomic E-state index is 12.1. The Morgan fingerprint density at radius 2 is 1.84 bits per heavy atom. The molecule has 2 heterocycles. The quantitative estimate of drug-likeness (QED) is 0.276. The molecule has 4 aromatic rings. The molecule has 1 amide bonds. The van der Waals surface area contributed by atoms with Gasteiger partial charge in [0.15, 0.2) is 5.16 Å². The van der Waals surface area contributed by atoms with Crippen LogP contribution in [0.1, 0.15) is 35.6 Å². The molecule has 0 fully saturated rings. The third-order valence-electron chi connectivity index (χ3n) is 5.08. The van der Waals surface area contributed by atoms with E-state index in [2.05, 4.69) is 51.3 Å². The maximum absolute atomic E-state index is 12.1. The SMILES string of the molecule is Cc1ccccc1-n1c(Cc2ccccc2)nnc1SCCCC(=O)NCc1ccco1. The highest BCUT2D eigenvalue weighted by molar-refractivity contribution is 7.99. The number of nitrogens with one attached hydrogen (secondary N) is 1. The Labute approximate surface area is 192 Å². The molecule has 0 saturated heterocycles. The number of hydrogen-bond acceptors (Lipinski definition) is 5. The molecule has 0 aliphatic rings. The summed E-state index contributed by atoms with van der Waals surface area (Å²) in [6, 6.07) is 22.2. The summed E-state index contributed by atoms with van der Waals surface area (Å²) in [5, 5.41) is 12.7. The van der Waals surface area contributed by atoms with E-state index < -0.39 is 0 Å². The predicted molar refractivity (Wildman–Crippen MR) is 126 cm³/mol. The smallest absolute Gasteiger partial charge is 0.220 e. The zero-order valence-corrected chi connectivity index (χ0v) is 18.8. The molecular weight excluding hydrogens is 420 g/mol. The van der Waals surface area contributed by atoms with E-state index in [9.17, 15) is 4.79 Å². The Morgan fingerprint density at radius 3 is 2.62 bits per heavy atom. The summed E-state index contributed by atoms with van der Waals surface area (Å²) in [5.41, 5.74) is 3.45. The standard InChI is InChI=1S/C25H26N4O2S/c1-19-9-5-6-13-22(19)29-23(17-20-10-3-2-4-11-20)27-28-25(29)32-16-8-14-24(30)26-18-21-12-7-15-31-21/h2-7,9-13,15H,8,14,16-18H2,1H3,(H,26,30). The summed E-state index contributed by atoms with van der Waals surface area (Å²) in [6.07, 6.45) is 3.53. The molecule has 0 aliphatic carbocycles. The molecule has 0 aliphatic heterocycles. The summed E-state index contributed by atoms with van der Waals surface area (Å²) in [4.78, 5) is 12.1. The molecule has 7 heteroatoms. The molecule has 0 bridgehead atoms. The van der Waals surface area contributed by atoms with Gasteiger partial charge >= 0.3 is 0 Å². The Kier molecular flexibility index (Phi) is 7.40. The predicted octanol–water partition coefficient (Wildman–Crippen LogP) is 4.95. The van der Waals surface area contributed by atoms with Crippen LogP contribution in [0.15, 0.2) is 82.6 Å². The largest absolute Gasteiger partial charge is 0.467 e. The molecule has 4 rings (SSSR count). The minimum atomic E-state index is 0.0205. The van der Waals surface area contributed by atoms with Gasteiger partial charge in [0, 0.05) is 18.6 Å². The van der Waals surface area contributed by atoms with Gasteiger partial charge in [0.25, 0.3) is 0 Å². The molecule has 0 saturated carbocycles. The second-order valence-corrected chi connectivity index (χ2v) is 8.55. The molecule has 2 aromatic heterocycles. The van der Waals surface area contributed by atoms with E-state index in [-0.39, 0.29) is 5.91 Å². The maximum Gasteiger partial charge on any atom is 0.220 e. The highest BCUT2D eigenvalue weighted by Gasteiger charge is 2.16. The number of carbonyl (C=O) groups is 1. The van der Waals surface area contributed by atoms with Gasteiger partial charge in [0.2, 0.25) is 5.91 Å². The van der Waals surface area contributed by atoms with Crippen molar-refractivity contribution in [3.05, 3.63) is 95.7 Å². The molecule has 0 radical (unpaired) electrons. The first-order valence-electron chi connectivity index (χ1n) is 10.7. The van der Waals surface area contributed by atoms with Gasteiger partial charge < -0.3 is 9.73 Å². The third-order valence-corrected chi connectivity index (χ3v) is 6.10. The fourth-order valence-corrected chi connectivity index (χ4v) is 4.33. The zero-order chi connectivity index (χ0) is 22.2. The fraction of sp³-hybridized carbons (Fsp3) is 0.240. The van der Waals surface area contributed by atoms with Crippen LogP contribution in [0.25, 0.3) is 5.69 Å². The molecule has 2 aromatic carbocycles. The van der Waals surface area contributed by atoms with Gasteiger partial charge in [-0.05, 0) is 42.7 Å². The number of hydrogen-bond donors (Lipinski definition) is 1. The van der Waals surface area contributed by atoms with Crippen LogP contribution in [0.4, 0.5) is 0 Å². The van der Waals surface area contributed by atoms with E-state index in [4.69, 9.17) is 4.42 Å². The summed E-state index contributed by atoms with van der Waals surface area (Å²) < 4.78 is 7.38. The molecule has 1 N–H and O–H groups in total. The van der Waals surface area contributed by atoms with Crippen molar-refractivity contribution < 1.29 is 9.21 Å². The lowest BCUT2D eigenvalue weighted by Crippen LogP contribution is -2.22. The van der Waals surface area contributed by atoms with E-state index in [0.717, 1.165) is 34.6 Å². The van der Waals surface area contributed by atoms with Crippen LogP contribution >= 0.6 is 11.8 Å². The molecular formula is C25H26N4O2S. The van der Waals surface area contributed by atoms with Crippen molar-refractivity contribution in [2.45, 2.75) is 37.9 Å². The van der Waals surface area contributed by atoms with E-state index in [1.165, 1.54) is 11.1 Å². The van der Waals surface area contributed by atoms with Crippen molar-refractivity contribution in [2.24, 2.45) is 0 Å². The molecule has 0 unspecified atom stereocenters. The van der Waals surface area contributed by atoms with Crippen molar-refractivity contribution in [2.75, 3.05) is 5.75 Å². The number of thioether (sulfide) groups is 1. The summed E-state index contributed by atoms with van der Waals surface area (Å²) in [7, 11) is 0. The summed E-state index contributed by atoms with van der Waals surface area (Å²) >= 11 is 1.63. The van der Waals surface area contributed by atoms with Crippen molar-refractivity contribution >= 4 is 17.7 Å². The lowest BCUT2D eigenvalue weighted by Gasteiger charge is -2.13. The van der Waals surface area contributed by atoms with Gasteiger partial charge in [-0.3, -0.25) is 9.36 Å². The monoisotopic (exact) mass is 446 g/mol. The van der Waals surface area contributed by atoms with Gasteiger partial charge in [0.05, 0.1) is 18.5 Å². The van der Waals surface area contributed by atoms with Crippen LogP contribution in [0.5, 0.6) is 0 Å².